The second-order valence-corrected chi connectivity index (χ2v) is 10.0. The molecular weight excluding hydrogens is 555 g/mol. The van der Waals surface area contributed by atoms with Gasteiger partial charge in [-0.15, -0.1) is 0 Å². The van der Waals surface area contributed by atoms with Gasteiger partial charge < -0.3 is 4.74 Å². The summed E-state index contributed by atoms with van der Waals surface area (Å²) in [7, 11) is 0. The van der Waals surface area contributed by atoms with Gasteiger partial charge in [0.2, 0.25) is 29.0 Å². The third-order valence-corrected chi connectivity index (χ3v) is 7.68. The van der Waals surface area contributed by atoms with E-state index in [0.29, 0.717) is 16.5 Å². The van der Waals surface area contributed by atoms with E-state index >= 15 is 0 Å². The van der Waals surface area contributed by atoms with Gasteiger partial charge in [0.05, 0.1) is 29.2 Å². The summed E-state index contributed by atoms with van der Waals surface area (Å²) in [5, 5.41) is 0. The number of fused-ring (bicyclic) bond motifs is 3. The van der Waals surface area contributed by atoms with E-state index in [1.165, 1.54) is 18.2 Å². The zero-order chi connectivity index (χ0) is 26.3. The van der Waals surface area contributed by atoms with Crippen LogP contribution in [0, 0.1) is 11.8 Å². The molecular formula is C27H15BrF3NO5. The Labute approximate surface area is 216 Å². The number of hydrogen-bond donors (Lipinski definition) is 0. The third kappa shape index (κ3) is 3.21. The molecule has 37 heavy (non-hydrogen) atoms. The number of benzene rings is 3. The molecule has 6 nitrogen and oxygen atoms in total. The molecule has 0 N–H and O–H groups in total. The van der Waals surface area contributed by atoms with Crippen molar-refractivity contribution < 1.29 is 37.1 Å². The van der Waals surface area contributed by atoms with Crippen LogP contribution in [-0.4, -0.2) is 29.0 Å². The summed E-state index contributed by atoms with van der Waals surface area (Å²) >= 11 is 3.32. The summed E-state index contributed by atoms with van der Waals surface area (Å²) in [6, 6.07) is 16.5. The van der Waals surface area contributed by atoms with Gasteiger partial charge in [-0.25, -0.2) is 4.90 Å². The average molecular weight is 570 g/mol. The highest BCUT2D eigenvalue weighted by Gasteiger charge is 2.74. The van der Waals surface area contributed by atoms with Crippen molar-refractivity contribution in [3.05, 3.63) is 99.5 Å². The van der Waals surface area contributed by atoms with Crippen LogP contribution in [0.4, 0.5) is 18.9 Å². The molecule has 0 unspecified atom stereocenters. The zero-order valence-electron chi connectivity index (χ0n) is 18.7. The first kappa shape index (κ1) is 23.7. The lowest BCUT2D eigenvalue weighted by atomic mass is 9.77. The van der Waals surface area contributed by atoms with Gasteiger partial charge in [-0.3, -0.25) is 19.2 Å². The monoisotopic (exact) mass is 569 g/mol. The maximum Gasteiger partial charge on any atom is 0.416 e. The van der Waals surface area contributed by atoms with E-state index in [-0.39, 0.29) is 16.8 Å². The largest absolute Gasteiger partial charge is 0.416 e. The lowest BCUT2D eigenvalue weighted by molar-refractivity contribution is -0.137. The Bertz CT molecular complexity index is 1480. The minimum atomic E-state index is -4.71. The summed E-state index contributed by atoms with van der Waals surface area (Å²) in [6.07, 6.45) is -5.87. The Kier molecular flexibility index (Phi) is 5.09. The number of ketones is 2. The van der Waals surface area contributed by atoms with Crippen LogP contribution >= 0.6 is 15.9 Å². The molecule has 2 aliphatic heterocycles. The van der Waals surface area contributed by atoms with Gasteiger partial charge in [-0.2, -0.15) is 13.2 Å². The fourth-order valence-corrected chi connectivity index (χ4v) is 5.81. The van der Waals surface area contributed by atoms with Crippen LogP contribution in [0.5, 0.6) is 0 Å². The van der Waals surface area contributed by atoms with Crippen molar-refractivity contribution in [1.29, 1.82) is 0 Å². The normalized spacial score (nSPS) is 24.2. The highest BCUT2D eigenvalue weighted by molar-refractivity contribution is 9.10. The molecule has 2 heterocycles. The molecule has 0 radical (unpaired) electrons. The van der Waals surface area contributed by atoms with Gasteiger partial charge in [0.15, 0.2) is 0 Å². The van der Waals surface area contributed by atoms with Crippen LogP contribution < -0.4 is 4.90 Å². The maximum atomic E-state index is 13.8. The number of carbonyl (C=O) groups excluding carboxylic acids is 4. The maximum absolute atomic E-state index is 13.8. The summed E-state index contributed by atoms with van der Waals surface area (Å²) < 4.78 is 47.0. The summed E-state index contributed by atoms with van der Waals surface area (Å²) in [4.78, 5) is 55.6. The van der Waals surface area contributed by atoms with Crippen molar-refractivity contribution in [3.63, 3.8) is 0 Å². The number of anilines is 1. The number of rotatable bonds is 2. The van der Waals surface area contributed by atoms with Crippen molar-refractivity contribution >= 4 is 45.0 Å². The van der Waals surface area contributed by atoms with E-state index in [4.69, 9.17) is 4.74 Å². The zero-order valence-corrected chi connectivity index (χ0v) is 20.2. The Morgan fingerprint density at radius 1 is 0.811 bits per heavy atom. The van der Waals surface area contributed by atoms with E-state index in [1.807, 2.05) is 0 Å². The van der Waals surface area contributed by atoms with Gasteiger partial charge in [-0.05, 0) is 35.9 Å². The van der Waals surface area contributed by atoms with Gasteiger partial charge in [0.25, 0.3) is 0 Å². The number of nitrogens with zero attached hydrogens (tertiary/aromatic N) is 1. The van der Waals surface area contributed by atoms with Crippen molar-refractivity contribution in [2.75, 3.05) is 4.90 Å². The molecule has 0 aromatic heterocycles. The highest BCUT2D eigenvalue weighted by Crippen LogP contribution is 2.57. The average Bonchev–Trinajstić information content (AvgIpc) is 3.44. The first-order chi connectivity index (χ1) is 17.6. The fraction of sp³-hybridized carbons (Fsp3) is 0.185. The minimum absolute atomic E-state index is 0.0699. The predicted octanol–water partition coefficient (Wildman–Crippen LogP) is 5.16. The SMILES string of the molecule is O=C1[C@@H]2[C@@H](C(=O)N1c1cccc(C(F)(F)F)c1)C1(O[C@H]2c2ccc(Br)cc2)C(=O)c2ccccc2C1=O. The van der Waals surface area contributed by atoms with Gasteiger partial charge in [-0.1, -0.05) is 58.4 Å². The van der Waals surface area contributed by atoms with E-state index in [9.17, 15) is 32.3 Å². The first-order valence-electron chi connectivity index (χ1n) is 11.2. The highest BCUT2D eigenvalue weighted by atomic mass is 79.9. The van der Waals surface area contributed by atoms with E-state index in [2.05, 4.69) is 15.9 Å². The topological polar surface area (TPSA) is 80.8 Å². The first-order valence-corrected chi connectivity index (χ1v) is 12.0. The number of imide groups is 1. The molecule has 1 aliphatic carbocycles. The lowest BCUT2D eigenvalue weighted by Gasteiger charge is -2.27. The van der Waals surface area contributed by atoms with Crippen LogP contribution in [0.1, 0.15) is 37.9 Å². The lowest BCUT2D eigenvalue weighted by Crippen LogP contribution is -2.51. The molecule has 2 amide bonds. The van der Waals surface area contributed by atoms with Crippen molar-refractivity contribution in [1.82, 2.24) is 0 Å². The number of amides is 2. The molecule has 0 saturated carbocycles. The smallest absolute Gasteiger partial charge is 0.349 e. The van der Waals surface area contributed by atoms with Crippen molar-refractivity contribution in [2.24, 2.45) is 11.8 Å². The second kappa shape index (κ2) is 7.93. The van der Waals surface area contributed by atoms with E-state index < -0.39 is 58.7 Å². The van der Waals surface area contributed by atoms with Crippen molar-refractivity contribution in [2.45, 2.75) is 17.9 Å². The molecule has 3 atom stereocenters. The molecule has 186 valence electrons. The fourth-order valence-electron chi connectivity index (χ4n) is 5.55. The van der Waals surface area contributed by atoms with E-state index in [0.717, 1.165) is 16.6 Å². The van der Waals surface area contributed by atoms with Crippen molar-refractivity contribution in [3.8, 4) is 0 Å². The molecule has 3 aromatic carbocycles. The number of halogens is 4. The van der Waals surface area contributed by atoms with Gasteiger partial charge >= 0.3 is 6.18 Å². The quantitative estimate of drug-likeness (QED) is 0.314. The summed E-state index contributed by atoms with van der Waals surface area (Å²) in [5.74, 6) is -6.12. The number of Topliss-reactive ketones (excluding diaryl/α,β-unsaturated/α-hetero) is 2. The summed E-state index contributed by atoms with van der Waals surface area (Å²) in [6.45, 7) is 0. The molecule has 10 heteroatoms. The number of carbonyl (C=O) groups is 4. The number of hydrogen-bond acceptors (Lipinski definition) is 5. The Morgan fingerprint density at radius 2 is 1.43 bits per heavy atom. The van der Waals surface area contributed by atoms with Crippen LogP contribution in [0.2, 0.25) is 0 Å². The van der Waals surface area contributed by atoms with Gasteiger partial charge in [0, 0.05) is 15.6 Å². The number of ether oxygens (including phenoxy) is 1. The number of alkyl halides is 3. The molecule has 1 spiro atoms. The van der Waals surface area contributed by atoms with Crippen LogP contribution in [0.3, 0.4) is 0 Å². The standard InChI is InChI=1S/C27H15BrF3NO5/c28-15-10-8-13(9-11-15)21-19-20(26(37-21)22(33)17-6-1-2-7-18(17)23(26)34)25(36)32(24(19)35)16-5-3-4-14(12-16)27(29,30)31/h1-12,19-21H/t19-,20+,21+/m1/s1. The molecule has 3 aromatic rings. The van der Waals surface area contributed by atoms with Gasteiger partial charge in [0.1, 0.15) is 0 Å². The Hall–Kier alpha value is -3.63. The Balaban J connectivity index is 1.53. The molecule has 3 aliphatic rings. The third-order valence-electron chi connectivity index (χ3n) is 7.15. The second-order valence-electron chi connectivity index (χ2n) is 9.09. The predicted molar refractivity (Wildman–Crippen MR) is 127 cm³/mol. The molecule has 0 bridgehead atoms. The summed E-state index contributed by atoms with van der Waals surface area (Å²) in [5.41, 5.74) is -3.05. The minimum Gasteiger partial charge on any atom is -0.349 e. The molecule has 2 fully saturated rings. The Morgan fingerprint density at radius 3 is 2.03 bits per heavy atom. The molecule has 2 saturated heterocycles. The molecule has 6 rings (SSSR count). The van der Waals surface area contributed by atoms with E-state index in [1.54, 1.807) is 36.4 Å². The van der Waals surface area contributed by atoms with Crippen LogP contribution in [0.25, 0.3) is 0 Å². The van der Waals surface area contributed by atoms with Crippen LogP contribution in [-0.2, 0) is 20.5 Å². The van der Waals surface area contributed by atoms with Crippen LogP contribution in [0.15, 0.2) is 77.3 Å².